The Labute approximate surface area is 153 Å². The van der Waals surface area contributed by atoms with Crippen molar-refractivity contribution < 1.29 is 19.5 Å². The molecule has 2 fully saturated rings. The third-order valence-corrected chi connectivity index (χ3v) is 5.71. The van der Waals surface area contributed by atoms with Gasteiger partial charge in [0.05, 0.1) is 11.8 Å². The summed E-state index contributed by atoms with van der Waals surface area (Å²) >= 11 is 0. The van der Waals surface area contributed by atoms with E-state index in [9.17, 15) is 19.5 Å². The molecule has 2 amide bonds. The van der Waals surface area contributed by atoms with Gasteiger partial charge in [-0.15, -0.1) is 0 Å². The van der Waals surface area contributed by atoms with Gasteiger partial charge < -0.3 is 14.9 Å². The highest BCUT2D eigenvalue weighted by Crippen LogP contribution is 2.44. The number of carbonyl (C=O) groups is 3. The molecule has 1 heterocycles. The van der Waals surface area contributed by atoms with Crippen LogP contribution in [0.3, 0.4) is 0 Å². The first-order chi connectivity index (χ1) is 12.4. The van der Waals surface area contributed by atoms with Gasteiger partial charge in [0, 0.05) is 32.6 Å². The highest BCUT2D eigenvalue weighted by molar-refractivity contribution is 5.86. The molecule has 2 aliphatic rings. The Hall–Kier alpha value is -2.37. The number of rotatable bonds is 5. The number of carboxylic acid groups (broad SMARTS) is 1. The van der Waals surface area contributed by atoms with Crippen LogP contribution in [0.1, 0.15) is 36.8 Å². The van der Waals surface area contributed by atoms with E-state index in [-0.39, 0.29) is 18.2 Å². The molecule has 1 N–H and O–H groups in total. The lowest BCUT2D eigenvalue weighted by atomic mass is 9.66. The van der Waals surface area contributed by atoms with E-state index in [1.54, 1.807) is 9.80 Å². The summed E-state index contributed by atoms with van der Waals surface area (Å²) in [4.78, 5) is 39.8. The van der Waals surface area contributed by atoms with Crippen molar-refractivity contribution in [2.45, 2.75) is 39.0 Å². The first-order valence-electron chi connectivity index (χ1n) is 9.24. The fraction of sp³-hybridized carbons (Fsp3) is 0.550. The van der Waals surface area contributed by atoms with Gasteiger partial charge in [-0.3, -0.25) is 14.4 Å². The van der Waals surface area contributed by atoms with E-state index in [1.807, 2.05) is 31.2 Å². The molecule has 26 heavy (non-hydrogen) atoms. The summed E-state index contributed by atoms with van der Waals surface area (Å²) in [7, 11) is 0. The van der Waals surface area contributed by atoms with Crippen molar-refractivity contribution in [1.29, 1.82) is 0 Å². The third kappa shape index (κ3) is 3.89. The minimum atomic E-state index is -0.857. The van der Waals surface area contributed by atoms with Crippen LogP contribution in [0.4, 0.5) is 0 Å². The van der Waals surface area contributed by atoms with Crippen LogP contribution in [0.15, 0.2) is 24.3 Å². The van der Waals surface area contributed by atoms with Crippen LogP contribution in [0, 0.1) is 12.3 Å². The molecular weight excluding hydrogens is 332 g/mol. The Balaban J connectivity index is 1.49. The molecule has 6 nitrogen and oxygen atoms in total. The molecule has 0 unspecified atom stereocenters. The van der Waals surface area contributed by atoms with Crippen molar-refractivity contribution in [2.24, 2.45) is 5.41 Å². The molecule has 0 radical (unpaired) electrons. The van der Waals surface area contributed by atoms with E-state index in [0.29, 0.717) is 45.4 Å². The number of nitrogens with zero attached hydrogens (tertiary/aromatic N) is 2. The largest absolute Gasteiger partial charge is 0.481 e. The topological polar surface area (TPSA) is 77.9 Å². The quantitative estimate of drug-likeness (QED) is 0.871. The van der Waals surface area contributed by atoms with E-state index >= 15 is 0 Å². The van der Waals surface area contributed by atoms with Gasteiger partial charge in [-0.1, -0.05) is 36.2 Å². The van der Waals surface area contributed by atoms with Gasteiger partial charge in [-0.2, -0.15) is 0 Å². The molecule has 0 spiro atoms. The molecule has 1 aliphatic heterocycles. The lowest BCUT2D eigenvalue weighted by molar-refractivity contribution is -0.160. The zero-order chi connectivity index (χ0) is 18.7. The van der Waals surface area contributed by atoms with Crippen LogP contribution in [0.2, 0.25) is 0 Å². The van der Waals surface area contributed by atoms with Crippen LogP contribution in [-0.4, -0.2) is 58.9 Å². The molecule has 6 heteroatoms. The molecule has 3 rings (SSSR count). The Bertz CT molecular complexity index is 686. The summed E-state index contributed by atoms with van der Waals surface area (Å²) < 4.78 is 0. The standard InChI is InChI=1S/C20H26N2O4/c1-15-3-5-16(6-4-15)13-17(23)21-9-11-22(12-10-21)18(24)14-20(19(25)26)7-2-8-20/h3-6H,2,7-14H2,1H3,(H,25,26). The molecule has 1 saturated heterocycles. The number of hydrogen-bond acceptors (Lipinski definition) is 3. The summed E-state index contributed by atoms with van der Waals surface area (Å²) in [5.74, 6) is -0.885. The van der Waals surface area contributed by atoms with Gasteiger partial charge in [0.15, 0.2) is 0 Å². The van der Waals surface area contributed by atoms with Gasteiger partial charge in [-0.05, 0) is 25.3 Å². The number of carboxylic acids is 1. The Morgan fingerprint density at radius 2 is 1.50 bits per heavy atom. The van der Waals surface area contributed by atoms with Gasteiger partial charge >= 0.3 is 5.97 Å². The summed E-state index contributed by atoms with van der Waals surface area (Å²) in [6.45, 7) is 4.00. The van der Waals surface area contributed by atoms with Gasteiger partial charge in [0.2, 0.25) is 11.8 Å². The van der Waals surface area contributed by atoms with Gasteiger partial charge in [0.25, 0.3) is 0 Å². The summed E-state index contributed by atoms with van der Waals surface area (Å²) in [6, 6.07) is 7.93. The lowest BCUT2D eigenvalue weighted by Gasteiger charge is -2.40. The number of benzene rings is 1. The van der Waals surface area contributed by atoms with Crippen molar-refractivity contribution in [3.8, 4) is 0 Å². The average molecular weight is 358 g/mol. The number of carbonyl (C=O) groups excluding carboxylic acids is 2. The Morgan fingerprint density at radius 3 is 1.96 bits per heavy atom. The smallest absolute Gasteiger partial charge is 0.310 e. The number of piperazine rings is 1. The second-order valence-electron chi connectivity index (χ2n) is 7.54. The van der Waals surface area contributed by atoms with E-state index in [2.05, 4.69) is 0 Å². The van der Waals surface area contributed by atoms with Crippen LogP contribution in [-0.2, 0) is 20.8 Å². The molecule has 0 aromatic heterocycles. The Kier molecular flexibility index (Phi) is 5.30. The van der Waals surface area contributed by atoms with E-state index in [4.69, 9.17) is 0 Å². The van der Waals surface area contributed by atoms with E-state index in [0.717, 1.165) is 12.0 Å². The Morgan fingerprint density at radius 1 is 0.962 bits per heavy atom. The average Bonchev–Trinajstić information content (AvgIpc) is 2.59. The van der Waals surface area contributed by atoms with E-state index < -0.39 is 11.4 Å². The fourth-order valence-electron chi connectivity index (χ4n) is 3.67. The second kappa shape index (κ2) is 7.48. The first-order valence-corrected chi connectivity index (χ1v) is 9.24. The zero-order valence-electron chi connectivity index (χ0n) is 15.2. The monoisotopic (exact) mass is 358 g/mol. The molecule has 140 valence electrons. The van der Waals surface area contributed by atoms with Crippen molar-refractivity contribution >= 4 is 17.8 Å². The number of amides is 2. The van der Waals surface area contributed by atoms with Crippen molar-refractivity contribution in [3.63, 3.8) is 0 Å². The predicted octanol–water partition coefficient (Wildman–Crippen LogP) is 1.85. The van der Waals surface area contributed by atoms with Crippen molar-refractivity contribution in [1.82, 2.24) is 9.80 Å². The summed E-state index contributed by atoms with van der Waals surface area (Å²) in [5.41, 5.74) is 1.31. The highest BCUT2D eigenvalue weighted by atomic mass is 16.4. The second-order valence-corrected chi connectivity index (χ2v) is 7.54. The molecule has 0 bridgehead atoms. The maximum absolute atomic E-state index is 12.5. The molecular formula is C20H26N2O4. The van der Waals surface area contributed by atoms with E-state index in [1.165, 1.54) is 5.56 Å². The number of hydrogen-bond donors (Lipinski definition) is 1. The maximum Gasteiger partial charge on any atom is 0.310 e. The van der Waals surface area contributed by atoms with Crippen molar-refractivity contribution in [2.75, 3.05) is 26.2 Å². The number of aliphatic carboxylic acids is 1. The molecule has 1 saturated carbocycles. The highest BCUT2D eigenvalue weighted by Gasteiger charge is 2.46. The van der Waals surface area contributed by atoms with Gasteiger partial charge in [0.1, 0.15) is 0 Å². The predicted molar refractivity (Wildman–Crippen MR) is 96.6 cm³/mol. The molecule has 0 atom stereocenters. The molecule has 1 aromatic carbocycles. The fourth-order valence-corrected chi connectivity index (χ4v) is 3.67. The third-order valence-electron chi connectivity index (χ3n) is 5.71. The first kappa shape index (κ1) is 18.4. The van der Waals surface area contributed by atoms with Crippen LogP contribution < -0.4 is 0 Å². The van der Waals surface area contributed by atoms with Gasteiger partial charge in [-0.25, -0.2) is 0 Å². The van der Waals surface area contributed by atoms with Crippen LogP contribution in [0.25, 0.3) is 0 Å². The maximum atomic E-state index is 12.5. The normalized spacial score (nSPS) is 19.0. The summed E-state index contributed by atoms with van der Waals surface area (Å²) in [5, 5.41) is 9.38. The van der Waals surface area contributed by atoms with Crippen LogP contribution in [0.5, 0.6) is 0 Å². The molecule has 1 aliphatic carbocycles. The SMILES string of the molecule is Cc1ccc(CC(=O)N2CCN(C(=O)CC3(C(=O)O)CCC3)CC2)cc1. The lowest BCUT2D eigenvalue weighted by Crippen LogP contribution is -2.52. The number of aryl methyl sites for hydroxylation is 1. The minimum Gasteiger partial charge on any atom is -0.481 e. The van der Waals surface area contributed by atoms with Crippen molar-refractivity contribution in [3.05, 3.63) is 35.4 Å². The minimum absolute atomic E-state index is 0.0713. The zero-order valence-corrected chi connectivity index (χ0v) is 15.2. The molecule has 1 aromatic rings. The summed E-state index contributed by atoms with van der Waals surface area (Å²) in [6.07, 6.45) is 2.50. The van der Waals surface area contributed by atoms with Crippen LogP contribution >= 0.6 is 0 Å².